The predicted molar refractivity (Wildman–Crippen MR) is 146 cm³/mol. The Morgan fingerprint density at radius 2 is 1.00 bits per heavy atom. The molecule has 0 unspecified atom stereocenters. The van der Waals surface area contributed by atoms with Crippen LogP contribution in [0, 0.1) is 48.5 Å². The maximum atomic E-state index is 13.6. The number of ether oxygens (including phenoxy) is 4. The van der Waals surface area contributed by atoms with Gasteiger partial charge in [-0.05, 0) is 82.3 Å². The minimum absolute atomic E-state index is 0.0150. The number of carboxylic acid groups (broad SMARTS) is 1. The van der Waals surface area contributed by atoms with Gasteiger partial charge in [0.15, 0.2) is 0 Å². The smallest absolute Gasteiger partial charge is 0.347 e. The summed E-state index contributed by atoms with van der Waals surface area (Å²) in [7, 11) is 2.70. The third-order valence-electron chi connectivity index (χ3n) is 7.09. The molecule has 0 saturated carbocycles. The van der Waals surface area contributed by atoms with Gasteiger partial charge in [0.05, 0.1) is 14.2 Å². The molecule has 10 nitrogen and oxygen atoms in total. The highest BCUT2D eigenvalue weighted by Gasteiger charge is 2.30. The third kappa shape index (κ3) is 5.00. The van der Waals surface area contributed by atoms with E-state index in [1.165, 1.54) is 20.3 Å². The quantitative estimate of drug-likeness (QED) is 0.256. The monoisotopic (exact) mass is 552 g/mol. The number of carbonyl (C=O) groups is 3. The lowest BCUT2D eigenvalue weighted by Gasteiger charge is -2.22. The Hall–Kier alpha value is -4.73. The molecule has 0 bridgehead atoms. The van der Waals surface area contributed by atoms with Gasteiger partial charge in [0.1, 0.15) is 51.2 Å². The van der Waals surface area contributed by atoms with Crippen molar-refractivity contribution in [2.75, 3.05) is 14.2 Å². The van der Waals surface area contributed by atoms with Crippen molar-refractivity contribution >= 4 is 17.9 Å². The molecule has 0 fully saturated rings. The van der Waals surface area contributed by atoms with E-state index < -0.39 is 23.7 Å². The van der Waals surface area contributed by atoms with E-state index in [1.807, 2.05) is 0 Å². The molecule has 0 amide bonds. The topological polar surface area (TPSA) is 149 Å². The van der Waals surface area contributed by atoms with Crippen LogP contribution in [0.1, 0.15) is 70.0 Å². The fourth-order valence-corrected chi connectivity index (χ4v) is 4.82. The van der Waals surface area contributed by atoms with Crippen LogP contribution in [0.5, 0.6) is 34.5 Å². The molecule has 0 radical (unpaired) electrons. The molecule has 10 heteroatoms. The second-order valence-corrected chi connectivity index (χ2v) is 9.47. The van der Waals surface area contributed by atoms with E-state index in [0.29, 0.717) is 38.9 Å². The molecule has 0 aliphatic heterocycles. The molecule has 0 aliphatic rings. The van der Waals surface area contributed by atoms with E-state index >= 15 is 0 Å². The van der Waals surface area contributed by atoms with Gasteiger partial charge in [-0.3, -0.25) is 0 Å². The predicted octanol–water partition coefficient (Wildman–Crippen LogP) is 5.41. The number of hydrogen-bond acceptors (Lipinski definition) is 9. The number of phenolic OH excluding ortho intramolecular Hbond substituents is 2. The highest BCUT2D eigenvalue weighted by molar-refractivity contribution is 6.00. The molecule has 3 rings (SSSR count). The number of esters is 2. The fraction of sp³-hybridized carbons (Fsp3) is 0.300. The standard InChI is InChI=1S/C30H32O10/c1-12-10-19(31)11-20(32)21(12)29(35)39-25-16(5)14(3)23(27(38-9)18(25)7)30(36)40-24-15(4)13(2)22(28(33)34)26(37-8)17(24)6/h10-11,31-32H,1-9H3,(H,33,34). The Balaban J connectivity index is 2.11. The number of hydrogen-bond donors (Lipinski definition) is 3. The lowest BCUT2D eigenvalue weighted by atomic mass is 9.95. The van der Waals surface area contributed by atoms with Gasteiger partial charge < -0.3 is 34.3 Å². The first-order valence-electron chi connectivity index (χ1n) is 12.2. The summed E-state index contributed by atoms with van der Waals surface area (Å²) in [6.07, 6.45) is 0. The van der Waals surface area contributed by atoms with Crippen LogP contribution in [-0.2, 0) is 0 Å². The molecule has 3 N–H and O–H groups in total. The first kappa shape index (κ1) is 29.8. The second-order valence-electron chi connectivity index (χ2n) is 9.47. The lowest BCUT2D eigenvalue weighted by molar-refractivity contribution is 0.0689. The molecule has 3 aromatic carbocycles. The molecule has 0 aromatic heterocycles. The third-order valence-corrected chi connectivity index (χ3v) is 7.09. The molecule has 40 heavy (non-hydrogen) atoms. The summed E-state index contributed by atoms with van der Waals surface area (Å²) in [6, 6.07) is 2.36. The van der Waals surface area contributed by atoms with Gasteiger partial charge >= 0.3 is 17.9 Å². The Morgan fingerprint density at radius 3 is 1.43 bits per heavy atom. The number of rotatable bonds is 7. The van der Waals surface area contributed by atoms with E-state index in [2.05, 4.69) is 0 Å². The molecule has 0 spiro atoms. The molecular weight excluding hydrogens is 520 g/mol. The summed E-state index contributed by atoms with van der Waals surface area (Å²) in [5, 5.41) is 29.6. The Morgan fingerprint density at radius 1 is 0.575 bits per heavy atom. The molecule has 212 valence electrons. The first-order valence-corrected chi connectivity index (χ1v) is 12.2. The van der Waals surface area contributed by atoms with Gasteiger partial charge in [0.25, 0.3) is 0 Å². The van der Waals surface area contributed by atoms with E-state index in [1.54, 1.807) is 48.5 Å². The number of methoxy groups -OCH3 is 2. The van der Waals surface area contributed by atoms with Gasteiger partial charge in [0, 0.05) is 17.2 Å². The van der Waals surface area contributed by atoms with Crippen molar-refractivity contribution in [2.24, 2.45) is 0 Å². The van der Waals surface area contributed by atoms with Crippen LogP contribution < -0.4 is 18.9 Å². The van der Waals surface area contributed by atoms with Crippen molar-refractivity contribution < 1.29 is 48.7 Å². The van der Waals surface area contributed by atoms with E-state index in [0.717, 1.165) is 6.07 Å². The number of benzene rings is 3. The van der Waals surface area contributed by atoms with Gasteiger partial charge in [0.2, 0.25) is 0 Å². The number of aromatic hydroxyl groups is 2. The second kappa shape index (κ2) is 11.2. The van der Waals surface area contributed by atoms with Crippen LogP contribution in [0.3, 0.4) is 0 Å². The maximum absolute atomic E-state index is 13.6. The van der Waals surface area contributed by atoms with Crippen LogP contribution in [0.2, 0.25) is 0 Å². The normalized spacial score (nSPS) is 10.7. The highest BCUT2D eigenvalue weighted by Crippen LogP contribution is 2.42. The molecular formula is C30H32O10. The average Bonchev–Trinajstić information content (AvgIpc) is 2.87. The van der Waals surface area contributed by atoms with Gasteiger partial charge in [-0.15, -0.1) is 0 Å². The van der Waals surface area contributed by atoms with Crippen LogP contribution in [-0.4, -0.2) is 47.4 Å². The summed E-state index contributed by atoms with van der Waals surface area (Å²) >= 11 is 0. The van der Waals surface area contributed by atoms with E-state index in [4.69, 9.17) is 18.9 Å². The molecule has 0 saturated heterocycles. The van der Waals surface area contributed by atoms with Crippen molar-refractivity contribution in [1.29, 1.82) is 0 Å². The number of phenols is 2. The van der Waals surface area contributed by atoms with Crippen molar-refractivity contribution in [2.45, 2.75) is 48.5 Å². The first-order chi connectivity index (χ1) is 18.7. The van der Waals surface area contributed by atoms with Gasteiger partial charge in [-0.25, -0.2) is 14.4 Å². The molecule has 3 aromatic rings. The molecule has 0 heterocycles. The zero-order chi connectivity index (χ0) is 30.2. The van der Waals surface area contributed by atoms with E-state index in [9.17, 15) is 29.7 Å². The van der Waals surface area contributed by atoms with Gasteiger partial charge in [-0.1, -0.05) is 0 Å². The Labute approximate surface area is 231 Å². The van der Waals surface area contributed by atoms with Gasteiger partial charge in [-0.2, -0.15) is 0 Å². The number of carbonyl (C=O) groups excluding carboxylic acids is 2. The highest BCUT2D eigenvalue weighted by atomic mass is 16.5. The maximum Gasteiger partial charge on any atom is 0.347 e. The minimum atomic E-state index is -1.16. The van der Waals surface area contributed by atoms with Crippen LogP contribution in [0.4, 0.5) is 0 Å². The zero-order valence-electron chi connectivity index (χ0n) is 23.9. The van der Waals surface area contributed by atoms with Crippen molar-refractivity contribution in [3.05, 3.63) is 67.8 Å². The van der Waals surface area contributed by atoms with Crippen LogP contribution >= 0.6 is 0 Å². The Kier molecular flexibility index (Phi) is 8.33. The number of aromatic carboxylic acids is 1. The minimum Gasteiger partial charge on any atom is -0.508 e. The average molecular weight is 553 g/mol. The molecule has 0 atom stereocenters. The number of carboxylic acids is 1. The summed E-state index contributed by atoms with van der Waals surface area (Å²) < 4.78 is 22.4. The Bertz CT molecular complexity index is 1540. The largest absolute Gasteiger partial charge is 0.508 e. The van der Waals surface area contributed by atoms with Crippen LogP contribution in [0.15, 0.2) is 12.1 Å². The summed E-state index contributed by atoms with van der Waals surface area (Å²) in [5.41, 5.74) is 2.69. The fourth-order valence-electron chi connectivity index (χ4n) is 4.82. The van der Waals surface area contributed by atoms with E-state index in [-0.39, 0.29) is 45.4 Å². The lowest BCUT2D eigenvalue weighted by Crippen LogP contribution is -2.18. The molecule has 0 aliphatic carbocycles. The van der Waals surface area contributed by atoms with Crippen molar-refractivity contribution in [3.8, 4) is 34.5 Å². The summed E-state index contributed by atoms with van der Waals surface area (Å²) in [5.74, 6) is -2.92. The summed E-state index contributed by atoms with van der Waals surface area (Å²) in [4.78, 5) is 38.5. The zero-order valence-corrected chi connectivity index (χ0v) is 23.9. The number of aryl methyl sites for hydroxylation is 1. The van der Waals surface area contributed by atoms with Crippen molar-refractivity contribution in [1.82, 2.24) is 0 Å². The SMILES string of the molecule is COc1c(C)c(OC(=O)c2c(C)c(C)c(OC(=O)c3c(C)cc(O)cc3O)c(C)c2OC)c(C)c(C)c1C(=O)O. The van der Waals surface area contributed by atoms with Crippen LogP contribution in [0.25, 0.3) is 0 Å². The van der Waals surface area contributed by atoms with Crippen molar-refractivity contribution in [3.63, 3.8) is 0 Å². The summed E-state index contributed by atoms with van der Waals surface area (Å²) in [6.45, 7) is 11.3.